The van der Waals surface area contributed by atoms with Crippen molar-refractivity contribution in [3.63, 3.8) is 0 Å². The first kappa shape index (κ1) is 21.3. The summed E-state index contributed by atoms with van der Waals surface area (Å²) in [6.07, 6.45) is 1.74. The first-order chi connectivity index (χ1) is 14.8. The van der Waals surface area contributed by atoms with Crippen LogP contribution in [0.1, 0.15) is 35.8 Å². The topological polar surface area (TPSA) is 84.3 Å². The molecule has 1 aromatic heterocycles. The van der Waals surface area contributed by atoms with Crippen molar-refractivity contribution in [3.05, 3.63) is 71.9 Å². The smallest absolute Gasteiger partial charge is 0.256 e. The Morgan fingerprint density at radius 2 is 1.68 bits per heavy atom. The highest BCUT2D eigenvalue weighted by molar-refractivity contribution is 7.89. The number of rotatable bonds is 5. The number of amides is 1. The molecule has 162 valence electrons. The number of carbonyl (C=O) groups is 1. The molecule has 0 radical (unpaired) electrons. The largest absolute Gasteiger partial charge is 0.306 e. The van der Waals surface area contributed by atoms with E-state index in [9.17, 15) is 13.2 Å². The zero-order chi connectivity index (χ0) is 22.0. The maximum atomic E-state index is 12.9. The van der Waals surface area contributed by atoms with Gasteiger partial charge in [-0.05, 0) is 62.1 Å². The number of piperidine rings is 1. The van der Waals surface area contributed by atoms with Crippen molar-refractivity contribution in [2.24, 2.45) is 5.92 Å². The summed E-state index contributed by atoms with van der Waals surface area (Å²) in [7, 11) is -3.54. The van der Waals surface area contributed by atoms with E-state index >= 15 is 0 Å². The number of para-hydroxylation sites is 1. The summed E-state index contributed by atoms with van der Waals surface area (Å²) < 4.78 is 29.0. The molecule has 0 spiro atoms. The van der Waals surface area contributed by atoms with Gasteiger partial charge in [0.15, 0.2) is 0 Å². The van der Waals surface area contributed by atoms with Crippen LogP contribution < -0.4 is 5.32 Å². The predicted molar refractivity (Wildman–Crippen MR) is 120 cm³/mol. The van der Waals surface area contributed by atoms with Crippen LogP contribution in [-0.2, 0) is 10.0 Å². The molecule has 1 amide bonds. The summed E-state index contributed by atoms with van der Waals surface area (Å²) in [5.74, 6) is 0.770. The van der Waals surface area contributed by atoms with E-state index < -0.39 is 10.0 Å². The maximum Gasteiger partial charge on any atom is 0.256 e. The summed E-state index contributed by atoms with van der Waals surface area (Å²) in [5, 5.41) is 7.32. The average Bonchev–Trinajstić information content (AvgIpc) is 3.14. The molecule has 3 aromatic rings. The van der Waals surface area contributed by atoms with E-state index in [0.717, 1.165) is 24.2 Å². The first-order valence-corrected chi connectivity index (χ1v) is 11.8. The third-order valence-corrected chi connectivity index (χ3v) is 7.48. The Balaban J connectivity index is 1.51. The van der Waals surface area contributed by atoms with Crippen molar-refractivity contribution >= 4 is 21.7 Å². The number of benzene rings is 2. The molecule has 2 heterocycles. The van der Waals surface area contributed by atoms with Gasteiger partial charge in [-0.3, -0.25) is 4.79 Å². The summed E-state index contributed by atoms with van der Waals surface area (Å²) in [4.78, 5) is 13.0. The number of aryl methyl sites for hydroxylation is 1. The molecule has 7 nitrogen and oxygen atoms in total. The Morgan fingerprint density at radius 1 is 1.03 bits per heavy atom. The Morgan fingerprint density at radius 3 is 2.32 bits per heavy atom. The van der Waals surface area contributed by atoms with E-state index in [2.05, 4.69) is 17.3 Å². The Bertz CT molecular complexity index is 1160. The third kappa shape index (κ3) is 4.55. The van der Waals surface area contributed by atoms with Crippen molar-refractivity contribution in [2.45, 2.75) is 31.6 Å². The molecule has 1 aliphatic rings. The van der Waals surface area contributed by atoms with Crippen molar-refractivity contribution in [3.8, 4) is 5.69 Å². The molecule has 1 saturated heterocycles. The summed E-state index contributed by atoms with van der Waals surface area (Å²) >= 11 is 0. The number of hydrogen-bond acceptors (Lipinski definition) is 4. The van der Waals surface area contributed by atoms with Crippen LogP contribution in [0, 0.1) is 12.8 Å². The molecule has 4 rings (SSSR count). The third-order valence-electron chi connectivity index (χ3n) is 5.57. The van der Waals surface area contributed by atoms with Crippen LogP contribution in [0.25, 0.3) is 5.69 Å². The van der Waals surface area contributed by atoms with Gasteiger partial charge in [0.2, 0.25) is 10.0 Å². The van der Waals surface area contributed by atoms with E-state index in [1.165, 1.54) is 16.4 Å². The highest BCUT2D eigenvalue weighted by Gasteiger charge is 2.28. The molecule has 0 aliphatic carbocycles. The minimum atomic E-state index is -3.54. The molecule has 0 bridgehead atoms. The van der Waals surface area contributed by atoms with Gasteiger partial charge in [0, 0.05) is 24.7 Å². The summed E-state index contributed by atoms with van der Waals surface area (Å²) in [5.41, 5.74) is 1.99. The standard InChI is InChI=1S/C23H26N4O3S/c1-17-12-14-26(15-13-17)31(29,30)21-10-8-19(9-11-21)23(28)24-22-16-18(2)25-27(22)20-6-4-3-5-7-20/h3-11,16-17H,12-15H2,1-2H3,(H,24,28). The number of aromatic nitrogens is 2. The second kappa shape index (κ2) is 8.64. The number of nitrogens with zero attached hydrogens (tertiary/aromatic N) is 3. The minimum absolute atomic E-state index is 0.212. The second-order valence-electron chi connectivity index (χ2n) is 7.98. The Labute approximate surface area is 182 Å². The molecule has 1 N–H and O–H groups in total. The number of anilines is 1. The van der Waals surface area contributed by atoms with Gasteiger partial charge in [0.25, 0.3) is 5.91 Å². The minimum Gasteiger partial charge on any atom is -0.306 e. The van der Waals surface area contributed by atoms with Gasteiger partial charge in [-0.2, -0.15) is 9.40 Å². The zero-order valence-electron chi connectivity index (χ0n) is 17.7. The van der Waals surface area contributed by atoms with Crippen molar-refractivity contribution in [2.75, 3.05) is 18.4 Å². The lowest BCUT2D eigenvalue weighted by Gasteiger charge is -2.29. The molecule has 31 heavy (non-hydrogen) atoms. The molecule has 8 heteroatoms. The van der Waals surface area contributed by atoms with Crippen LogP contribution in [0.3, 0.4) is 0 Å². The first-order valence-electron chi connectivity index (χ1n) is 10.4. The van der Waals surface area contributed by atoms with Gasteiger partial charge in [0.1, 0.15) is 5.82 Å². The Kier molecular flexibility index (Phi) is 5.93. The highest BCUT2D eigenvalue weighted by atomic mass is 32.2. The van der Waals surface area contributed by atoms with E-state index in [4.69, 9.17) is 0 Å². The Hall–Kier alpha value is -2.97. The average molecular weight is 439 g/mol. The fraction of sp³-hybridized carbons (Fsp3) is 0.304. The van der Waals surface area contributed by atoms with Crippen LogP contribution in [0.5, 0.6) is 0 Å². The van der Waals surface area contributed by atoms with Crippen molar-refractivity contribution < 1.29 is 13.2 Å². The molecule has 2 aromatic carbocycles. The molecular formula is C23H26N4O3S. The van der Waals surface area contributed by atoms with Gasteiger partial charge in [-0.25, -0.2) is 13.1 Å². The van der Waals surface area contributed by atoms with E-state index in [-0.39, 0.29) is 10.8 Å². The number of nitrogens with one attached hydrogen (secondary N) is 1. The molecule has 0 saturated carbocycles. The van der Waals surface area contributed by atoms with Crippen molar-refractivity contribution in [1.82, 2.24) is 14.1 Å². The lowest BCUT2D eigenvalue weighted by molar-refractivity contribution is 0.102. The fourth-order valence-corrected chi connectivity index (χ4v) is 5.17. The normalized spacial score (nSPS) is 15.7. The fourth-order valence-electron chi connectivity index (χ4n) is 3.70. The zero-order valence-corrected chi connectivity index (χ0v) is 18.5. The van der Waals surface area contributed by atoms with Gasteiger partial charge in [0.05, 0.1) is 16.3 Å². The number of hydrogen-bond donors (Lipinski definition) is 1. The molecule has 1 aliphatic heterocycles. The molecule has 0 atom stereocenters. The highest BCUT2D eigenvalue weighted by Crippen LogP contribution is 2.24. The van der Waals surface area contributed by atoms with Crippen LogP contribution in [-0.4, -0.2) is 41.5 Å². The van der Waals surface area contributed by atoms with Gasteiger partial charge >= 0.3 is 0 Å². The van der Waals surface area contributed by atoms with Gasteiger partial charge in [-0.15, -0.1) is 0 Å². The number of sulfonamides is 1. The van der Waals surface area contributed by atoms with E-state index in [1.807, 2.05) is 37.3 Å². The molecule has 1 fully saturated rings. The van der Waals surface area contributed by atoms with Gasteiger partial charge < -0.3 is 5.32 Å². The monoisotopic (exact) mass is 438 g/mol. The number of carbonyl (C=O) groups excluding carboxylic acids is 1. The SMILES string of the molecule is Cc1cc(NC(=O)c2ccc(S(=O)(=O)N3CCC(C)CC3)cc2)n(-c2ccccc2)n1. The lowest BCUT2D eigenvalue weighted by Crippen LogP contribution is -2.37. The second-order valence-corrected chi connectivity index (χ2v) is 9.92. The quantitative estimate of drug-likeness (QED) is 0.656. The summed E-state index contributed by atoms with van der Waals surface area (Å²) in [6, 6.07) is 17.4. The molecule has 0 unspecified atom stereocenters. The lowest BCUT2D eigenvalue weighted by atomic mass is 10.0. The van der Waals surface area contributed by atoms with Gasteiger partial charge in [-0.1, -0.05) is 25.1 Å². The summed E-state index contributed by atoms with van der Waals surface area (Å²) in [6.45, 7) is 5.07. The molecular weight excluding hydrogens is 412 g/mol. The van der Waals surface area contributed by atoms with Crippen LogP contribution in [0.4, 0.5) is 5.82 Å². The van der Waals surface area contributed by atoms with Crippen molar-refractivity contribution in [1.29, 1.82) is 0 Å². The van der Waals surface area contributed by atoms with Crippen LogP contribution in [0.2, 0.25) is 0 Å². The van der Waals surface area contributed by atoms with E-state index in [1.54, 1.807) is 22.9 Å². The predicted octanol–water partition coefficient (Wildman–Crippen LogP) is 3.85. The van der Waals surface area contributed by atoms with E-state index in [0.29, 0.717) is 30.4 Å². The van der Waals surface area contributed by atoms with Crippen LogP contribution in [0.15, 0.2) is 65.6 Å². The van der Waals surface area contributed by atoms with Crippen LogP contribution >= 0.6 is 0 Å². The maximum absolute atomic E-state index is 12.9.